The molecule has 0 unspecified atom stereocenters. The van der Waals surface area contributed by atoms with Crippen molar-refractivity contribution in [3.63, 3.8) is 0 Å². The van der Waals surface area contributed by atoms with Crippen molar-refractivity contribution in [2.45, 2.75) is 24.9 Å². The van der Waals surface area contributed by atoms with E-state index in [-0.39, 0.29) is 10.8 Å². The molecule has 154 valence electrons. The summed E-state index contributed by atoms with van der Waals surface area (Å²) in [6.45, 7) is 2.90. The van der Waals surface area contributed by atoms with E-state index in [0.29, 0.717) is 24.2 Å². The van der Waals surface area contributed by atoms with Crippen LogP contribution in [0, 0.1) is 0 Å². The van der Waals surface area contributed by atoms with Crippen molar-refractivity contribution in [2.75, 3.05) is 21.2 Å². The first-order chi connectivity index (χ1) is 13.8. The number of nitrogens with one attached hydrogen (secondary N) is 1. The third-order valence-electron chi connectivity index (χ3n) is 4.79. The van der Waals surface area contributed by atoms with Crippen LogP contribution in [0.5, 0.6) is 5.75 Å². The number of methoxy groups -OCH3 is 1. The Balaban J connectivity index is 1.90. The van der Waals surface area contributed by atoms with Gasteiger partial charge in [0.2, 0.25) is 10.0 Å². The van der Waals surface area contributed by atoms with Crippen LogP contribution in [0.4, 0.5) is 0 Å². The molecule has 3 aromatic rings. The zero-order valence-electron chi connectivity index (χ0n) is 17.0. The second-order valence-corrected chi connectivity index (χ2v) is 8.97. The number of sulfonamides is 1. The lowest BCUT2D eigenvalue weighted by Gasteiger charge is -2.12. The summed E-state index contributed by atoms with van der Waals surface area (Å²) in [7, 11) is 1.05. The molecule has 0 saturated heterocycles. The van der Waals surface area contributed by atoms with Crippen LogP contribution in [0.15, 0.2) is 53.4 Å². The van der Waals surface area contributed by atoms with Crippen LogP contribution in [0.3, 0.4) is 0 Å². The zero-order chi connectivity index (χ0) is 21.2. The molecule has 0 aliphatic heterocycles. The second-order valence-electron chi connectivity index (χ2n) is 6.82. The van der Waals surface area contributed by atoms with E-state index in [2.05, 4.69) is 5.32 Å². The van der Waals surface area contributed by atoms with Crippen molar-refractivity contribution in [1.29, 1.82) is 0 Å². The number of hydrogen-bond donors (Lipinski definition) is 1. The lowest BCUT2D eigenvalue weighted by atomic mass is 10.2. The zero-order valence-corrected chi connectivity index (χ0v) is 17.8. The number of hydrogen-bond acceptors (Lipinski definition) is 4. The Morgan fingerprint density at radius 3 is 2.55 bits per heavy atom. The number of amides is 1. The number of fused-ring (bicyclic) bond motifs is 1. The molecule has 1 heterocycles. The van der Waals surface area contributed by atoms with Gasteiger partial charge in [0.15, 0.2) is 0 Å². The highest BCUT2D eigenvalue weighted by Crippen LogP contribution is 2.25. The molecule has 0 aliphatic rings. The van der Waals surface area contributed by atoms with E-state index in [9.17, 15) is 13.2 Å². The smallest absolute Gasteiger partial charge is 0.268 e. The van der Waals surface area contributed by atoms with Gasteiger partial charge in [-0.1, -0.05) is 12.1 Å². The van der Waals surface area contributed by atoms with Gasteiger partial charge in [-0.15, -0.1) is 0 Å². The molecule has 0 bridgehead atoms. The number of aromatic nitrogens is 1. The molecule has 2 aromatic carbocycles. The van der Waals surface area contributed by atoms with Crippen molar-refractivity contribution in [1.82, 2.24) is 14.2 Å². The van der Waals surface area contributed by atoms with E-state index in [1.165, 1.54) is 18.4 Å². The largest absolute Gasteiger partial charge is 0.497 e. The number of aryl methyl sites for hydroxylation is 1. The van der Waals surface area contributed by atoms with Crippen LogP contribution in [0.2, 0.25) is 0 Å². The van der Waals surface area contributed by atoms with E-state index in [1.807, 2.05) is 35.8 Å². The molecule has 29 heavy (non-hydrogen) atoms. The number of ether oxygens (including phenoxy) is 1. The number of benzene rings is 2. The van der Waals surface area contributed by atoms with Crippen LogP contribution in [0.1, 0.15) is 23.0 Å². The lowest BCUT2D eigenvalue weighted by Crippen LogP contribution is -2.25. The molecular formula is C21H25N3O4S. The van der Waals surface area contributed by atoms with Crippen LogP contribution >= 0.6 is 0 Å². The molecule has 0 spiro atoms. The van der Waals surface area contributed by atoms with Gasteiger partial charge in [0, 0.05) is 38.1 Å². The highest BCUT2D eigenvalue weighted by molar-refractivity contribution is 7.89. The maximum Gasteiger partial charge on any atom is 0.268 e. The SMILES string of the molecule is CCn1c(C(=O)NCc2cccc(OC)c2)cc2cc(S(=O)(=O)N(C)C)ccc21. The van der Waals surface area contributed by atoms with E-state index < -0.39 is 10.0 Å². The average Bonchev–Trinajstić information content (AvgIpc) is 3.09. The fourth-order valence-electron chi connectivity index (χ4n) is 3.20. The van der Waals surface area contributed by atoms with Crippen molar-refractivity contribution in [3.8, 4) is 5.75 Å². The summed E-state index contributed by atoms with van der Waals surface area (Å²) in [4.78, 5) is 13.0. The Morgan fingerprint density at radius 2 is 1.90 bits per heavy atom. The fraction of sp³-hybridized carbons (Fsp3) is 0.286. The molecule has 1 N–H and O–H groups in total. The minimum absolute atomic E-state index is 0.201. The highest BCUT2D eigenvalue weighted by Gasteiger charge is 2.20. The molecule has 1 amide bonds. The summed E-state index contributed by atoms with van der Waals surface area (Å²) >= 11 is 0. The minimum Gasteiger partial charge on any atom is -0.497 e. The molecule has 0 radical (unpaired) electrons. The van der Waals surface area contributed by atoms with Crippen molar-refractivity contribution >= 4 is 26.8 Å². The van der Waals surface area contributed by atoms with Gasteiger partial charge in [-0.3, -0.25) is 4.79 Å². The predicted octanol–water partition coefficient (Wildman–Crippen LogP) is 2.85. The number of carbonyl (C=O) groups is 1. The molecule has 0 aliphatic carbocycles. The summed E-state index contributed by atoms with van der Waals surface area (Å²) in [6.07, 6.45) is 0. The molecule has 0 atom stereocenters. The second kappa shape index (κ2) is 8.26. The molecule has 0 fully saturated rings. The minimum atomic E-state index is -3.54. The van der Waals surface area contributed by atoms with Crippen LogP contribution in [0.25, 0.3) is 10.9 Å². The Bertz CT molecular complexity index is 1150. The van der Waals surface area contributed by atoms with E-state index in [4.69, 9.17) is 4.74 Å². The summed E-state index contributed by atoms with van der Waals surface area (Å²) < 4.78 is 33.1. The van der Waals surface area contributed by atoms with Gasteiger partial charge in [-0.05, 0) is 48.9 Å². The Labute approximate surface area is 170 Å². The molecule has 1 aromatic heterocycles. The van der Waals surface area contributed by atoms with Crippen LogP contribution in [-0.4, -0.2) is 44.4 Å². The van der Waals surface area contributed by atoms with Crippen molar-refractivity contribution < 1.29 is 17.9 Å². The summed E-state index contributed by atoms with van der Waals surface area (Å²) in [5.41, 5.74) is 2.23. The monoisotopic (exact) mass is 415 g/mol. The standard InChI is InChI=1S/C21H25N3O4S/c1-5-24-19-10-9-18(29(26,27)23(2)3)12-16(19)13-20(24)21(25)22-14-15-7-6-8-17(11-15)28-4/h6-13H,5,14H2,1-4H3,(H,22,25). The average molecular weight is 416 g/mol. The summed E-state index contributed by atoms with van der Waals surface area (Å²) in [5, 5.41) is 3.63. The number of rotatable bonds is 7. The first-order valence-corrected chi connectivity index (χ1v) is 10.7. The van der Waals surface area contributed by atoms with Gasteiger partial charge in [-0.25, -0.2) is 12.7 Å². The van der Waals surface area contributed by atoms with Crippen molar-refractivity contribution in [2.24, 2.45) is 0 Å². The number of nitrogens with zero attached hydrogens (tertiary/aromatic N) is 2. The van der Waals surface area contributed by atoms with E-state index >= 15 is 0 Å². The first kappa shape index (κ1) is 20.9. The molecule has 8 heteroatoms. The van der Waals surface area contributed by atoms with Gasteiger partial charge in [0.1, 0.15) is 11.4 Å². The molecule has 3 rings (SSSR count). The quantitative estimate of drug-likeness (QED) is 0.643. The first-order valence-electron chi connectivity index (χ1n) is 9.25. The third kappa shape index (κ3) is 4.13. The van der Waals surface area contributed by atoms with Gasteiger partial charge in [-0.2, -0.15) is 0 Å². The van der Waals surface area contributed by atoms with Gasteiger partial charge in [0.25, 0.3) is 5.91 Å². The maximum atomic E-state index is 12.8. The van der Waals surface area contributed by atoms with Gasteiger partial charge >= 0.3 is 0 Å². The fourth-order valence-corrected chi connectivity index (χ4v) is 4.14. The Morgan fingerprint density at radius 1 is 1.14 bits per heavy atom. The molecular weight excluding hydrogens is 390 g/mol. The lowest BCUT2D eigenvalue weighted by molar-refractivity contribution is 0.0942. The van der Waals surface area contributed by atoms with E-state index in [0.717, 1.165) is 16.8 Å². The topological polar surface area (TPSA) is 80.6 Å². The summed E-state index contributed by atoms with van der Waals surface area (Å²) in [6, 6.07) is 14.2. The molecule has 7 nitrogen and oxygen atoms in total. The van der Waals surface area contributed by atoms with E-state index in [1.54, 1.807) is 31.4 Å². The predicted molar refractivity (Wildman–Crippen MR) is 113 cm³/mol. The normalized spacial score (nSPS) is 11.8. The van der Waals surface area contributed by atoms with Gasteiger partial charge in [0.05, 0.1) is 12.0 Å². The Kier molecular flexibility index (Phi) is 5.95. The molecule has 0 saturated carbocycles. The van der Waals surface area contributed by atoms with Gasteiger partial charge < -0.3 is 14.6 Å². The third-order valence-corrected chi connectivity index (χ3v) is 6.60. The van der Waals surface area contributed by atoms with Crippen molar-refractivity contribution in [3.05, 3.63) is 59.8 Å². The maximum absolute atomic E-state index is 12.8. The van der Waals surface area contributed by atoms with Crippen LogP contribution < -0.4 is 10.1 Å². The Hall–Kier alpha value is -2.84. The summed E-state index contributed by atoms with van der Waals surface area (Å²) in [5.74, 6) is 0.511. The number of carbonyl (C=O) groups excluding carboxylic acids is 1. The highest BCUT2D eigenvalue weighted by atomic mass is 32.2. The van der Waals surface area contributed by atoms with Crippen LogP contribution in [-0.2, 0) is 23.1 Å².